The molecular weight excluding hydrogens is 289 g/mol. The summed E-state index contributed by atoms with van der Waals surface area (Å²) in [6, 6.07) is 6.66. The summed E-state index contributed by atoms with van der Waals surface area (Å²) in [5, 5.41) is 0. The smallest absolute Gasteiger partial charge is 0.309 e. The lowest BCUT2D eigenvalue weighted by atomic mass is 10.1. The Labute approximate surface area is 116 Å². The van der Waals surface area contributed by atoms with E-state index in [1.54, 1.807) is 19.9 Å². The van der Waals surface area contributed by atoms with Gasteiger partial charge in [0, 0.05) is 5.56 Å². The van der Waals surface area contributed by atoms with Crippen LogP contribution >= 0.6 is 7.60 Å². The van der Waals surface area contributed by atoms with Crippen LogP contribution in [0.4, 0.5) is 8.78 Å². The first-order chi connectivity index (χ1) is 9.35. The zero-order valence-electron chi connectivity index (χ0n) is 11.3. The minimum absolute atomic E-state index is 0.0153. The summed E-state index contributed by atoms with van der Waals surface area (Å²) < 4.78 is 49.8. The van der Waals surface area contributed by atoms with E-state index in [0.29, 0.717) is 0 Å². The molecule has 7 heteroatoms. The highest BCUT2D eigenvalue weighted by molar-refractivity contribution is 7.54. The molecule has 0 radical (unpaired) electrons. The first kappa shape index (κ1) is 17.0. The molecule has 1 aromatic carbocycles. The summed E-state index contributed by atoms with van der Waals surface area (Å²) in [6.07, 6.45) is -0.948. The Morgan fingerprint density at radius 2 is 1.65 bits per heavy atom. The van der Waals surface area contributed by atoms with Crippen molar-refractivity contribution in [2.24, 2.45) is 0 Å². The number of halogens is 2. The van der Waals surface area contributed by atoms with Crippen LogP contribution in [-0.4, -0.2) is 25.2 Å². The number of alkyl halides is 2. The molecule has 0 unspecified atom stereocenters. The van der Waals surface area contributed by atoms with Gasteiger partial charge in [0.1, 0.15) is 6.16 Å². The van der Waals surface area contributed by atoms with E-state index in [0.717, 1.165) is 12.1 Å². The molecule has 4 nitrogen and oxygen atoms in total. The summed E-state index contributed by atoms with van der Waals surface area (Å²) >= 11 is 0. The van der Waals surface area contributed by atoms with Crippen molar-refractivity contribution in [3.63, 3.8) is 0 Å². The van der Waals surface area contributed by atoms with Gasteiger partial charge in [-0.25, -0.2) is 0 Å². The molecule has 0 aliphatic heterocycles. The third-order valence-electron chi connectivity index (χ3n) is 2.48. The molecular formula is C13H17F2O4P. The maximum absolute atomic E-state index is 14.0. The average molecular weight is 306 g/mol. The van der Waals surface area contributed by atoms with Crippen molar-refractivity contribution in [2.45, 2.75) is 19.8 Å². The standard InChI is InChI=1S/C13H17F2O4P/c1-3-18-20(17,19-4-2)10-12(16)13(14,15)11-8-6-5-7-9-11/h5-9H,3-4,10H2,1-2H3. The predicted octanol–water partition coefficient (Wildman–Crippen LogP) is 3.61. The zero-order chi connectivity index (χ0) is 15.2. The third-order valence-corrected chi connectivity index (χ3v) is 4.45. The van der Waals surface area contributed by atoms with Crippen LogP contribution in [0.2, 0.25) is 0 Å². The van der Waals surface area contributed by atoms with E-state index in [1.807, 2.05) is 0 Å². The van der Waals surface area contributed by atoms with E-state index in [2.05, 4.69) is 0 Å². The summed E-state index contributed by atoms with van der Waals surface area (Å²) in [5.41, 5.74) is -0.440. The normalized spacial score (nSPS) is 12.4. The van der Waals surface area contributed by atoms with Gasteiger partial charge in [0.15, 0.2) is 0 Å². The van der Waals surface area contributed by atoms with Crippen LogP contribution in [0.3, 0.4) is 0 Å². The monoisotopic (exact) mass is 306 g/mol. The first-order valence-electron chi connectivity index (χ1n) is 6.20. The largest absolute Gasteiger partial charge is 0.338 e. The quantitative estimate of drug-likeness (QED) is 0.688. The van der Waals surface area contributed by atoms with E-state index in [-0.39, 0.29) is 13.2 Å². The molecule has 0 amide bonds. The number of hydrogen-bond donors (Lipinski definition) is 0. The van der Waals surface area contributed by atoms with E-state index >= 15 is 0 Å². The molecule has 0 saturated carbocycles. The van der Waals surface area contributed by atoms with Crippen LogP contribution in [0.1, 0.15) is 19.4 Å². The van der Waals surface area contributed by atoms with Gasteiger partial charge in [-0.3, -0.25) is 9.36 Å². The second-order valence-electron chi connectivity index (χ2n) is 3.97. The second-order valence-corrected chi connectivity index (χ2v) is 6.02. The molecule has 0 spiro atoms. The number of rotatable bonds is 8. The Morgan fingerprint density at radius 1 is 1.15 bits per heavy atom. The fourth-order valence-electron chi connectivity index (χ4n) is 1.61. The van der Waals surface area contributed by atoms with Crippen LogP contribution < -0.4 is 0 Å². The van der Waals surface area contributed by atoms with Crippen molar-refractivity contribution in [3.8, 4) is 0 Å². The highest BCUT2D eigenvalue weighted by Crippen LogP contribution is 2.49. The summed E-state index contributed by atoms with van der Waals surface area (Å²) in [5.74, 6) is -5.19. The predicted molar refractivity (Wildman–Crippen MR) is 71.1 cm³/mol. The van der Waals surface area contributed by atoms with Crippen LogP contribution in [-0.2, 0) is 24.3 Å². The second kappa shape index (κ2) is 7.07. The van der Waals surface area contributed by atoms with Gasteiger partial charge in [0.05, 0.1) is 13.2 Å². The van der Waals surface area contributed by atoms with Crippen LogP contribution in [0.5, 0.6) is 0 Å². The van der Waals surface area contributed by atoms with Gasteiger partial charge in [-0.2, -0.15) is 8.78 Å². The van der Waals surface area contributed by atoms with Crippen molar-refractivity contribution in [1.29, 1.82) is 0 Å². The van der Waals surface area contributed by atoms with Gasteiger partial charge in [0.2, 0.25) is 5.78 Å². The Bertz CT molecular complexity index is 480. The Balaban J connectivity index is 2.91. The maximum atomic E-state index is 14.0. The number of carbonyl (C=O) groups excluding carboxylic acids is 1. The number of hydrogen-bond acceptors (Lipinski definition) is 4. The van der Waals surface area contributed by atoms with E-state index < -0.39 is 31.0 Å². The summed E-state index contributed by atoms with van der Waals surface area (Å²) in [6.45, 7) is 3.12. The highest BCUT2D eigenvalue weighted by atomic mass is 31.2. The fourth-order valence-corrected chi connectivity index (χ4v) is 3.20. The topological polar surface area (TPSA) is 52.6 Å². The molecule has 1 aromatic rings. The molecule has 20 heavy (non-hydrogen) atoms. The Hall–Kier alpha value is -1.10. The first-order valence-corrected chi connectivity index (χ1v) is 7.93. The van der Waals surface area contributed by atoms with Crippen LogP contribution in [0.15, 0.2) is 30.3 Å². The van der Waals surface area contributed by atoms with Gasteiger partial charge in [0.25, 0.3) is 0 Å². The van der Waals surface area contributed by atoms with E-state index in [4.69, 9.17) is 9.05 Å². The van der Waals surface area contributed by atoms with Crippen molar-refractivity contribution < 1.29 is 27.2 Å². The minimum Gasteiger partial charge on any atom is -0.309 e. The van der Waals surface area contributed by atoms with Crippen molar-refractivity contribution in [2.75, 3.05) is 19.4 Å². The molecule has 112 valence electrons. The molecule has 0 saturated heterocycles. The molecule has 0 heterocycles. The molecule has 0 N–H and O–H groups in total. The summed E-state index contributed by atoms with van der Waals surface area (Å²) in [7, 11) is -3.82. The Morgan fingerprint density at radius 3 is 2.10 bits per heavy atom. The van der Waals surface area contributed by atoms with Crippen molar-refractivity contribution in [3.05, 3.63) is 35.9 Å². The van der Waals surface area contributed by atoms with Gasteiger partial charge in [-0.1, -0.05) is 30.3 Å². The van der Waals surface area contributed by atoms with Crippen LogP contribution in [0.25, 0.3) is 0 Å². The lowest BCUT2D eigenvalue weighted by Gasteiger charge is -2.20. The molecule has 0 atom stereocenters. The molecule has 0 aliphatic rings. The van der Waals surface area contributed by atoms with E-state index in [1.165, 1.54) is 12.1 Å². The van der Waals surface area contributed by atoms with Crippen molar-refractivity contribution >= 4 is 13.4 Å². The number of ketones is 1. The van der Waals surface area contributed by atoms with Crippen LogP contribution in [0, 0.1) is 0 Å². The fraction of sp³-hybridized carbons (Fsp3) is 0.462. The SMILES string of the molecule is CCOP(=O)(CC(=O)C(F)(F)c1ccccc1)OCC. The van der Waals surface area contributed by atoms with Gasteiger partial charge < -0.3 is 9.05 Å². The molecule has 0 aliphatic carbocycles. The maximum Gasteiger partial charge on any atom is 0.338 e. The third kappa shape index (κ3) is 4.20. The number of benzene rings is 1. The van der Waals surface area contributed by atoms with Crippen molar-refractivity contribution in [1.82, 2.24) is 0 Å². The van der Waals surface area contributed by atoms with Gasteiger partial charge in [-0.05, 0) is 13.8 Å². The van der Waals surface area contributed by atoms with Gasteiger partial charge >= 0.3 is 13.5 Å². The number of carbonyl (C=O) groups is 1. The molecule has 0 fully saturated rings. The summed E-state index contributed by atoms with van der Waals surface area (Å²) in [4.78, 5) is 11.7. The number of Topliss-reactive ketones (excluding diaryl/α,β-unsaturated/α-hetero) is 1. The lowest BCUT2D eigenvalue weighted by Crippen LogP contribution is -2.29. The average Bonchev–Trinajstić information content (AvgIpc) is 2.40. The zero-order valence-corrected chi connectivity index (χ0v) is 12.2. The molecule has 0 aromatic heterocycles. The molecule has 1 rings (SSSR count). The van der Waals surface area contributed by atoms with Gasteiger partial charge in [-0.15, -0.1) is 0 Å². The van der Waals surface area contributed by atoms with E-state index in [9.17, 15) is 18.1 Å². The highest BCUT2D eigenvalue weighted by Gasteiger charge is 2.44. The minimum atomic E-state index is -3.82. The Kier molecular flexibility index (Phi) is 5.99. The lowest BCUT2D eigenvalue weighted by molar-refractivity contribution is -0.141. The molecule has 0 bridgehead atoms.